The lowest BCUT2D eigenvalue weighted by molar-refractivity contribution is -0.119. The number of nitrogens with zero attached hydrogens (tertiary/aromatic N) is 2. The maximum atomic E-state index is 12.3. The first-order valence-corrected chi connectivity index (χ1v) is 12.9. The van der Waals surface area contributed by atoms with Crippen molar-refractivity contribution in [3.8, 4) is 17.2 Å². The van der Waals surface area contributed by atoms with Crippen LogP contribution in [0.1, 0.15) is 5.56 Å². The molecule has 0 aliphatic rings. The molecule has 1 heterocycles. The standard InChI is InChI=1S/C26H24N4O5S2/c1-33-20-9-5-3-7-18(20)28-24(31)15-35-21-12-11-17(13-22(21)34-2)14-27-30-25(32)16-36-26-29-19-8-4-6-10-23(19)37-26/h3-14H,15-16H2,1-2H3,(H,28,31)(H,30,32)/b27-14+. The number of benzene rings is 3. The highest BCUT2D eigenvalue weighted by Crippen LogP contribution is 2.29. The topological polar surface area (TPSA) is 111 Å². The van der Waals surface area contributed by atoms with Gasteiger partial charge in [-0.15, -0.1) is 11.3 Å². The molecule has 9 nitrogen and oxygen atoms in total. The van der Waals surface area contributed by atoms with E-state index in [2.05, 4.69) is 20.8 Å². The van der Waals surface area contributed by atoms with E-state index in [9.17, 15) is 9.59 Å². The number of carbonyl (C=O) groups is 2. The summed E-state index contributed by atoms with van der Waals surface area (Å²) in [6.07, 6.45) is 1.50. The van der Waals surface area contributed by atoms with Crippen LogP contribution in [0.15, 0.2) is 76.2 Å². The lowest BCUT2D eigenvalue weighted by atomic mass is 10.2. The van der Waals surface area contributed by atoms with E-state index in [0.29, 0.717) is 28.5 Å². The zero-order chi connectivity index (χ0) is 26.0. The number of hydrogen-bond acceptors (Lipinski definition) is 9. The van der Waals surface area contributed by atoms with Gasteiger partial charge in [-0.1, -0.05) is 36.0 Å². The molecule has 3 aromatic carbocycles. The summed E-state index contributed by atoms with van der Waals surface area (Å²) in [6, 6.07) is 20.1. The molecule has 2 amide bonds. The maximum Gasteiger partial charge on any atom is 0.262 e. The highest BCUT2D eigenvalue weighted by molar-refractivity contribution is 8.01. The second-order valence-electron chi connectivity index (χ2n) is 7.48. The van der Waals surface area contributed by atoms with E-state index < -0.39 is 0 Å². The third-order valence-electron chi connectivity index (χ3n) is 4.93. The molecule has 4 rings (SSSR count). The van der Waals surface area contributed by atoms with Gasteiger partial charge in [-0.25, -0.2) is 10.4 Å². The molecule has 0 atom stereocenters. The van der Waals surface area contributed by atoms with Gasteiger partial charge in [0.25, 0.3) is 11.8 Å². The molecule has 0 unspecified atom stereocenters. The highest BCUT2D eigenvalue weighted by Gasteiger charge is 2.11. The first kappa shape index (κ1) is 26.0. The molecular weight excluding hydrogens is 512 g/mol. The van der Waals surface area contributed by atoms with E-state index in [1.54, 1.807) is 47.7 Å². The van der Waals surface area contributed by atoms with Crippen LogP contribution < -0.4 is 25.0 Å². The fraction of sp³-hybridized carbons (Fsp3) is 0.154. The third-order valence-corrected chi connectivity index (χ3v) is 7.11. The quantitative estimate of drug-likeness (QED) is 0.164. The van der Waals surface area contributed by atoms with Crippen molar-refractivity contribution in [3.63, 3.8) is 0 Å². The molecular formula is C26H24N4O5S2. The van der Waals surface area contributed by atoms with Gasteiger partial charge in [0.15, 0.2) is 22.4 Å². The summed E-state index contributed by atoms with van der Waals surface area (Å²) in [5.74, 6) is 0.985. The molecule has 190 valence electrons. The number of fused-ring (bicyclic) bond motifs is 1. The number of amides is 2. The van der Waals surface area contributed by atoms with E-state index in [0.717, 1.165) is 14.6 Å². The molecule has 0 aliphatic carbocycles. The van der Waals surface area contributed by atoms with Crippen LogP contribution >= 0.6 is 23.1 Å². The lowest BCUT2D eigenvalue weighted by Crippen LogP contribution is -2.20. The van der Waals surface area contributed by atoms with Crippen LogP contribution in [0.25, 0.3) is 10.2 Å². The first-order valence-electron chi connectivity index (χ1n) is 11.1. The molecule has 0 radical (unpaired) electrons. The summed E-state index contributed by atoms with van der Waals surface area (Å²) in [7, 11) is 3.03. The van der Waals surface area contributed by atoms with Crippen LogP contribution in [0.4, 0.5) is 5.69 Å². The zero-order valence-electron chi connectivity index (χ0n) is 20.1. The Morgan fingerprint density at radius 3 is 2.57 bits per heavy atom. The van der Waals surface area contributed by atoms with Gasteiger partial charge in [0.2, 0.25) is 0 Å². The van der Waals surface area contributed by atoms with Gasteiger partial charge < -0.3 is 19.5 Å². The Morgan fingerprint density at radius 1 is 0.973 bits per heavy atom. The van der Waals surface area contributed by atoms with Crippen molar-refractivity contribution in [2.45, 2.75) is 4.34 Å². The predicted octanol–water partition coefficient (Wildman–Crippen LogP) is 4.57. The van der Waals surface area contributed by atoms with Gasteiger partial charge in [0.05, 0.1) is 42.1 Å². The van der Waals surface area contributed by atoms with Crippen molar-refractivity contribution < 1.29 is 23.8 Å². The van der Waals surface area contributed by atoms with Crippen molar-refractivity contribution >= 4 is 57.0 Å². The zero-order valence-corrected chi connectivity index (χ0v) is 21.7. The van der Waals surface area contributed by atoms with Crippen LogP contribution in [-0.4, -0.2) is 49.6 Å². The summed E-state index contributed by atoms with van der Waals surface area (Å²) >= 11 is 2.91. The lowest BCUT2D eigenvalue weighted by Gasteiger charge is -2.12. The Hall–Kier alpha value is -4.09. The molecule has 0 fully saturated rings. The van der Waals surface area contributed by atoms with Crippen LogP contribution in [0.2, 0.25) is 0 Å². The minimum absolute atomic E-state index is 0.199. The summed E-state index contributed by atoms with van der Waals surface area (Å²) in [5, 5.41) is 6.76. The molecule has 1 aromatic heterocycles. The normalized spacial score (nSPS) is 10.9. The number of methoxy groups -OCH3 is 2. The average Bonchev–Trinajstić information content (AvgIpc) is 3.34. The van der Waals surface area contributed by atoms with E-state index in [4.69, 9.17) is 14.2 Å². The number of hydrazone groups is 1. The molecule has 0 spiro atoms. The van der Waals surface area contributed by atoms with Crippen molar-refractivity contribution in [2.75, 3.05) is 31.9 Å². The molecule has 0 saturated heterocycles. The molecule has 0 bridgehead atoms. The number of thiazole rings is 1. The molecule has 11 heteroatoms. The van der Waals surface area contributed by atoms with E-state index in [1.165, 1.54) is 32.2 Å². The predicted molar refractivity (Wildman–Crippen MR) is 146 cm³/mol. The van der Waals surface area contributed by atoms with Crippen molar-refractivity contribution in [2.24, 2.45) is 5.10 Å². The largest absolute Gasteiger partial charge is 0.495 e. The number of anilines is 1. The minimum atomic E-state index is -0.344. The summed E-state index contributed by atoms with van der Waals surface area (Å²) in [6.45, 7) is -0.218. The van der Waals surface area contributed by atoms with Gasteiger partial charge in [-0.2, -0.15) is 5.10 Å². The van der Waals surface area contributed by atoms with Gasteiger partial charge >= 0.3 is 0 Å². The molecule has 0 aliphatic heterocycles. The Labute approximate surface area is 221 Å². The van der Waals surface area contributed by atoms with Crippen LogP contribution in [0.3, 0.4) is 0 Å². The van der Waals surface area contributed by atoms with Crippen LogP contribution in [0, 0.1) is 0 Å². The van der Waals surface area contributed by atoms with Gasteiger partial charge in [-0.05, 0) is 48.0 Å². The number of thioether (sulfide) groups is 1. The van der Waals surface area contributed by atoms with Crippen molar-refractivity contribution in [3.05, 3.63) is 72.3 Å². The monoisotopic (exact) mass is 536 g/mol. The number of hydrogen-bond donors (Lipinski definition) is 2. The maximum absolute atomic E-state index is 12.3. The second kappa shape index (κ2) is 12.7. The second-order valence-corrected chi connectivity index (χ2v) is 9.73. The Bertz CT molecular complexity index is 1390. The number of rotatable bonds is 11. The highest BCUT2D eigenvalue weighted by atomic mass is 32.2. The number of nitrogens with one attached hydrogen (secondary N) is 2. The summed E-state index contributed by atoms with van der Waals surface area (Å²) in [5.41, 5.74) is 4.67. The Kier molecular flexibility index (Phi) is 8.95. The molecule has 4 aromatic rings. The Morgan fingerprint density at radius 2 is 1.76 bits per heavy atom. The molecule has 0 saturated carbocycles. The van der Waals surface area contributed by atoms with Crippen molar-refractivity contribution in [1.82, 2.24) is 10.4 Å². The van der Waals surface area contributed by atoms with Gasteiger partial charge in [0, 0.05) is 0 Å². The smallest absolute Gasteiger partial charge is 0.262 e. The molecule has 2 N–H and O–H groups in total. The minimum Gasteiger partial charge on any atom is -0.495 e. The van der Waals surface area contributed by atoms with Gasteiger partial charge in [0.1, 0.15) is 5.75 Å². The van der Waals surface area contributed by atoms with Crippen LogP contribution in [0.5, 0.6) is 17.2 Å². The van der Waals surface area contributed by atoms with E-state index >= 15 is 0 Å². The number of carbonyl (C=O) groups excluding carboxylic acids is 2. The third kappa shape index (κ3) is 7.21. The SMILES string of the molecule is COc1ccccc1NC(=O)COc1ccc(/C=N/NC(=O)CSc2nc3ccccc3s2)cc1OC. The fourth-order valence-corrected chi connectivity index (χ4v) is 5.07. The number of para-hydroxylation sites is 3. The number of ether oxygens (including phenoxy) is 3. The van der Waals surface area contributed by atoms with Gasteiger partial charge in [-0.3, -0.25) is 9.59 Å². The molecule has 37 heavy (non-hydrogen) atoms. The fourth-order valence-electron chi connectivity index (χ4n) is 3.21. The number of aromatic nitrogens is 1. The van der Waals surface area contributed by atoms with E-state index in [1.807, 2.05) is 30.3 Å². The summed E-state index contributed by atoms with van der Waals surface area (Å²) < 4.78 is 18.2. The first-order chi connectivity index (χ1) is 18.1. The Balaban J connectivity index is 1.26. The van der Waals surface area contributed by atoms with Crippen LogP contribution in [-0.2, 0) is 9.59 Å². The van der Waals surface area contributed by atoms with E-state index in [-0.39, 0.29) is 24.2 Å². The average molecular weight is 537 g/mol. The summed E-state index contributed by atoms with van der Waals surface area (Å²) in [4.78, 5) is 29.0. The van der Waals surface area contributed by atoms with Crippen molar-refractivity contribution in [1.29, 1.82) is 0 Å².